The molecule has 0 saturated heterocycles. The average molecular weight is 349 g/mol. The van der Waals surface area contributed by atoms with Crippen LogP contribution in [0.25, 0.3) is 0 Å². The Kier molecular flexibility index (Phi) is 7.11. The van der Waals surface area contributed by atoms with Crippen LogP contribution in [0.15, 0.2) is 34.9 Å². The topological polar surface area (TPSA) is 85.1 Å². The summed E-state index contributed by atoms with van der Waals surface area (Å²) in [4.78, 5) is 16.0. The van der Waals surface area contributed by atoms with Gasteiger partial charge in [0, 0.05) is 23.8 Å². The fourth-order valence-corrected chi connectivity index (χ4v) is 2.94. The summed E-state index contributed by atoms with van der Waals surface area (Å²) in [5, 5.41) is 6.63. The van der Waals surface area contributed by atoms with Gasteiger partial charge in [-0.15, -0.1) is 0 Å². The molecule has 0 bridgehead atoms. The fraction of sp³-hybridized carbons (Fsp3) is 0.471. The Morgan fingerprint density at radius 2 is 2.04 bits per heavy atom. The van der Waals surface area contributed by atoms with Crippen molar-refractivity contribution in [2.45, 2.75) is 39.0 Å². The molecular formula is C17H23N3O3S. The SMILES string of the molecule is CC(C)CCc1noc(C[S@@](=O)CC(=O)NCc2ccccc2)n1. The molecule has 6 nitrogen and oxygen atoms in total. The van der Waals surface area contributed by atoms with Gasteiger partial charge in [-0.1, -0.05) is 49.3 Å². The zero-order valence-electron chi connectivity index (χ0n) is 14.0. The van der Waals surface area contributed by atoms with Gasteiger partial charge in [0.1, 0.15) is 11.5 Å². The zero-order chi connectivity index (χ0) is 17.4. The Labute approximate surface area is 144 Å². The summed E-state index contributed by atoms with van der Waals surface area (Å²) >= 11 is 0. The largest absolute Gasteiger partial charge is 0.351 e. The van der Waals surface area contributed by atoms with Gasteiger partial charge in [0.2, 0.25) is 11.8 Å². The predicted octanol–water partition coefficient (Wildman–Crippen LogP) is 2.22. The Balaban J connectivity index is 1.73. The number of hydrogen-bond acceptors (Lipinski definition) is 5. The van der Waals surface area contributed by atoms with E-state index in [0.717, 1.165) is 18.4 Å². The van der Waals surface area contributed by atoms with Crippen molar-refractivity contribution in [3.05, 3.63) is 47.6 Å². The summed E-state index contributed by atoms with van der Waals surface area (Å²) in [7, 11) is -1.37. The molecule has 0 spiro atoms. The van der Waals surface area contributed by atoms with Crippen molar-refractivity contribution in [1.82, 2.24) is 15.5 Å². The van der Waals surface area contributed by atoms with E-state index in [4.69, 9.17) is 4.52 Å². The quantitative estimate of drug-likeness (QED) is 0.750. The second kappa shape index (κ2) is 9.32. The molecule has 0 fully saturated rings. The minimum atomic E-state index is -1.37. The van der Waals surface area contributed by atoms with Crippen LogP contribution in [-0.2, 0) is 34.3 Å². The molecule has 1 amide bonds. The summed E-state index contributed by atoms with van der Waals surface area (Å²) in [6.07, 6.45) is 1.72. The van der Waals surface area contributed by atoms with Crippen LogP contribution in [0.1, 0.15) is 37.5 Å². The van der Waals surface area contributed by atoms with Crippen LogP contribution >= 0.6 is 0 Å². The van der Waals surface area contributed by atoms with Gasteiger partial charge in [0.25, 0.3) is 0 Å². The first-order valence-electron chi connectivity index (χ1n) is 8.00. The summed E-state index contributed by atoms with van der Waals surface area (Å²) in [6, 6.07) is 9.58. The molecule has 0 aliphatic rings. The van der Waals surface area contributed by atoms with E-state index in [9.17, 15) is 9.00 Å². The van der Waals surface area contributed by atoms with Crippen molar-refractivity contribution in [1.29, 1.82) is 0 Å². The molecule has 130 valence electrons. The van der Waals surface area contributed by atoms with Crippen molar-refractivity contribution >= 4 is 16.7 Å². The summed E-state index contributed by atoms with van der Waals surface area (Å²) < 4.78 is 17.1. The summed E-state index contributed by atoms with van der Waals surface area (Å²) in [5.41, 5.74) is 1.00. The van der Waals surface area contributed by atoms with E-state index >= 15 is 0 Å². The van der Waals surface area contributed by atoms with Gasteiger partial charge in [0.15, 0.2) is 5.82 Å². The van der Waals surface area contributed by atoms with Gasteiger partial charge in [-0.05, 0) is 17.9 Å². The highest BCUT2D eigenvalue weighted by Crippen LogP contribution is 2.08. The summed E-state index contributed by atoms with van der Waals surface area (Å²) in [6.45, 7) is 4.69. The standard InChI is InChI=1S/C17H23N3O3S/c1-13(2)8-9-15-19-17(23-20-15)12-24(22)11-16(21)18-10-14-6-4-3-5-7-14/h3-7,13H,8-12H2,1-2H3,(H,18,21)/t24-/m0/s1. The Morgan fingerprint density at radius 1 is 1.29 bits per heavy atom. The van der Waals surface area contributed by atoms with Crippen LogP contribution in [0.5, 0.6) is 0 Å². The molecule has 1 atom stereocenters. The van der Waals surface area contributed by atoms with Gasteiger partial charge in [-0.3, -0.25) is 9.00 Å². The Bertz CT molecular complexity index is 671. The molecule has 1 aromatic carbocycles. The lowest BCUT2D eigenvalue weighted by atomic mass is 10.1. The first-order chi connectivity index (χ1) is 11.5. The van der Waals surface area contributed by atoms with Gasteiger partial charge in [0.05, 0.1) is 0 Å². The number of benzene rings is 1. The van der Waals surface area contributed by atoms with Crippen molar-refractivity contribution in [2.75, 3.05) is 5.75 Å². The molecule has 0 aliphatic carbocycles. The third-order valence-electron chi connectivity index (χ3n) is 3.36. The second-order valence-corrected chi connectivity index (χ2v) is 7.48. The van der Waals surface area contributed by atoms with E-state index in [1.807, 2.05) is 30.3 Å². The molecule has 0 radical (unpaired) electrons. The van der Waals surface area contributed by atoms with Crippen molar-refractivity contribution in [3.63, 3.8) is 0 Å². The molecule has 2 rings (SSSR count). The molecule has 1 heterocycles. The maximum Gasteiger partial charge on any atom is 0.239 e. The Morgan fingerprint density at radius 3 is 2.75 bits per heavy atom. The summed E-state index contributed by atoms with van der Waals surface area (Å²) in [5.74, 6) is 1.29. The van der Waals surface area contributed by atoms with Gasteiger partial charge >= 0.3 is 0 Å². The average Bonchev–Trinajstić information content (AvgIpc) is 2.99. The number of carbonyl (C=O) groups excluding carboxylic acids is 1. The normalized spacial score (nSPS) is 12.3. The molecular weight excluding hydrogens is 326 g/mol. The lowest BCUT2D eigenvalue weighted by Crippen LogP contribution is -2.28. The molecule has 1 aromatic heterocycles. The third kappa shape index (κ3) is 6.62. The lowest BCUT2D eigenvalue weighted by molar-refractivity contribution is -0.118. The highest BCUT2D eigenvalue weighted by Gasteiger charge is 2.13. The van der Waals surface area contributed by atoms with E-state index < -0.39 is 10.8 Å². The molecule has 0 saturated carbocycles. The fourth-order valence-electron chi connectivity index (χ4n) is 2.05. The highest BCUT2D eigenvalue weighted by atomic mass is 32.2. The molecule has 7 heteroatoms. The smallest absolute Gasteiger partial charge is 0.239 e. The maximum absolute atomic E-state index is 12.0. The zero-order valence-corrected chi connectivity index (χ0v) is 14.8. The van der Waals surface area contributed by atoms with Gasteiger partial charge in [-0.25, -0.2) is 0 Å². The van der Waals surface area contributed by atoms with Crippen molar-refractivity contribution in [3.8, 4) is 0 Å². The second-order valence-electron chi connectivity index (χ2n) is 6.03. The molecule has 2 aromatic rings. The number of aryl methyl sites for hydroxylation is 1. The first-order valence-corrected chi connectivity index (χ1v) is 9.49. The number of nitrogens with one attached hydrogen (secondary N) is 1. The van der Waals surface area contributed by atoms with Crippen molar-refractivity contribution < 1.29 is 13.5 Å². The number of nitrogens with zero attached hydrogens (tertiary/aromatic N) is 2. The number of aromatic nitrogens is 2. The van der Waals surface area contributed by atoms with Crippen LogP contribution < -0.4 is 5.32 Å². The van der Waals surface area contributed by atoms with E-state index in [1.165, 1.54) is 0 Å². The molecule has 24 heavy (non-hydrogen) atoms. The van der Waals surface area contributed by atoms with Crippen molar-refractivity contribution in [2.24, 2.45) is 5.92 Å². The third-order valence-corrected chi connectivity index (χ3v) is 4.52. The molecule has 1 N–H and O–H groups in total. The number of amides is 1. The van der Waals surface area contributed by atoms with E-state index in [0.29, 0.717) is 24.2 Å². The first kappa shape index (κ1) is 18.3. The minimum Gasteiger partial charge on any atom is -0.351 e. The molecule has 0 unspecified atom stereocenters. The van der Waals surface area contributed by atoms with E-state index in [2.05, 4.69) is 29.3 Å². The van der Waals surface area contributed by atoms with Crippen LogP contribution in [0.2, 0.25) is 0 Å². The number of rotatable bonds is 9. The van der Waals surface area contributed by atoms with Gasteiger partial charge < -0.3 is 9.84 Å². The van der Waals surface area contributed by atoms with Crippen LogP contribution in [0.3, 0.4) is 0 Å². The number of carbonyl (C=O) groups is 1. The van der Waals surface area contributed by atoms with Gasteiger partial charge in [-0.2, -0.15) is 4.98 Å². The Hall–Kier alpha value is -2.02. The molecule has 0 aliphatic heterocycles. The highest BCUT2D eigenvalue weighted by molar-refractivity contribution is 7.84. The van der Waals surface area contributed by atoms with Crippen LogP contribution in [0.4, 0.5) is 0 Å². The van der Waals surface area contributed by atoms with E-state index in [1.54, 1.807) is 0 Å². The minimum absolute atomic E-state index is 0.0729. The maximum atomic E-state index is 12.0. The lowest BCUT2D eigenvalue weighted by Gasteiger charge is -2.04. The predicted molar refractivity (Wildman–Crippen MR) is 92.5 cm³/mol. The monoisotopic (exact) mass is 349 g/mol. The van der Waals surface area contributed by atoms with E-state index in [-0.39, 0.29) is 17.4 Å². The van der Waals surface area contributed by atoms with Crippen LogP contribution in [-0.4, -0.2) is 26.0 Å². The number of hydrogen-bond donors (Lipinski definition) is 1. The van der Waals surface area contributed by atoms with Crippen LogP contribution in [0, 0.1) is 5.92 Å².